The Hall–Kier alpha value is -8.09. The number of rotatable bonds is 10. The fraction of sp³-hybridized carbons (Fsp3) is 0.662. The number of ether oxygens (including phenoxy) is 1. The molecule has 2 aromatic carbocycles. The van der Waals surface area contributed by atoms with Gasteiger partial charge in [-0.1, -0.05) is 89.1 Å². The predicted molar refractivity (Wildman–Crippen MR) is 365 cm³/mol. The standard InChI is InChI=1S/C71H99ClF6N12O13/c1-11-43(3)59-66(100)84(6)41-57(93)82(4)42-58(94)86(8)53(38-45-22-26-47(27-23-45)70(73,74)75)64(98)83(5)40-55(91)79-50(29-25-44-24-28-48(49(72)37-44)71(76,77)78)63(97)90-32-18-21-52(90)62(96)81-69(30-16-17-31-69)68(102)88(10)60(46-19-14-13-15-20-46)67(101)87(9)54(65(99)89-33-35-103-36-34-89)39-56(92)85(7)51(12-2)61(95)80-59/h22-24,26-28,37,43,46,50-54,59-60H,11-21,25,29-36,38-42H2,1-10H3,(H,79,91)(H,80,95)(H,81,96)/t43-,50-,51-,52?,53-,54-,59-,60-/m0/s1. The molecule has 1 unspecified atom stereocenters. The monoisotopic (exact) mass is 1480 g/mol. The van der Waals surface area contributed by atoms with Gasteiger partial charge >= 0.3 is 12.4 Å². The van der Waals surface area contributed by atoms with E-state index in [2.05, 4.69) is 16.0 Å². The molecule has 5 fully saturated rings. The highest BCUT2D eigenvalue weighted by Crippen LogP contribution is 2.38. The highest BCUT2D eigenvalue weighted by atomic mass is 35.5. The summed E-state index contributed by atoms with van der Waals surface area (Å²) in [6.45, 7) is 3.41. The summed E-state index contributed by atoms with van der Waals surface area (Å²) in [6, 6.07) is -2.95. The van der Waals surface area contributed by atoms with E-state index in [0.29, 0.717) is 44.9 Å². The van der Waals surface area contributed by atoms with Gasteiger partial charge in [0.1, 0.15) is 47.8 Å². The van der Waals surface area contributed by atoms with Crippen molar-refractivity contribution in [2.24, 2.45) is 11.8 Å². The molecule has 5 aliphatic rings. The van der Waals surface area contributed by atoms with Crippen LogP contribution in [-0.4, -0.2) is 265 Å². The number of benzene rings is 2. The van der Waals surface area contributed by atoms with E-state index in [4.69, 9.17) is 16.3 Å². The number of carbonyl (C=O) groups excluding carboxylic acids is 12. The molecular formula is C71H99ClF6N12O13. The number of fused-ring (bicyclic) bond motifs is 1. The minimum atomic E-state index is -4.81. The Kier molecular flexibility index (Phi) is 28.4. The normalized spacial score (nSPS) is 25.5. The van der Waals surface area contributed by atoms with Gasteiger partial charge < -0.3 is 64.8 Å². The first-order chi connectivity index (χ1) is 48.4. The maximum Gasteiger partial charge on any atom is 0.417 e. The molecule has 2 saturated carbocycles. The van der Waals surface area contributed by atoms with Crippen molar-refractivity contribution in [1.82, 2.24) is 60.0 Å². The first-order valence-electron chi connectivity index (χ1n) is 35.3. The third-order valence-electron chi connectivity index (χ3n) is 21.1. The van der Waals surface area contributed by atoms with Gasteiger partial charge in [-0.2, -0.15) is 26.3 Å². The number of halogens is 7. The van der Waals surface area contributed by atoms with Crippen LogP contribution in [0.4, 0.5) is 26.3 Å². The first-order valence-corrected chi connectivity index (χ1v) is 35.7. The third kappa shape index (κ3) is 20.3. The molecule has 8 atom stereocenters. The summed E-state index contributed by atoms with van der Waals surface area (Å²) >= 11 is 6.12. The SMILES string of the molecule is CC[C@H](C)[C@@H]1NC(=O)[C@H](CC)N(C)C(=O)C[C@@H](C(=O)N2CCOCC2)N(C)C(=O)[C@H](C2CCCCC2)N(C)C(=O)C2(CCCC2)NC(=O)C2CCCN2C(=O)[C@H](CCc2ccc(C(F)(F)F)c(Cl)c2)NC(=O)CN(C)C(=O)[C@H](Cc2ccc(C(F)(F)F)cc2)N(C)C(=O)CN(C)C(=O)CN(C)C1=O. The number of carbonyl (C=O) groups is 12. The molecule has 0 aromatic heterocycles. The van der Waals surface area contributed by atoms with Gasteiger partial charge in [0.25, 0.3) is 0 Å². The summed E-state index contributed by atoms with van der Waals surface area (Å²) in [6.07, 6.45) is -6.04. The average Bonchev–Trinajstić information content (AvgIpc) is 1.60. The van der Waals surface area contributed by atoms with E-state index in [1.807, 2.05) is 0 Å². The third-order valence-corrected chi connectivity index (χ3v) is 21.4. The van der Waals surface area contributed by atoms with E-state index in [-0.39, 0.29) is 88.9 Å². The zero-order valence-corrected chi connectivity index (χ0v) is 61.1. The summed E-state index contributed by atoms with van der Waals surface area (Å²) in [4.78, 5) is 188. The van der Waals surface area contributed by atoms with Crippen molar-refractivity contribution < 1.29 is 88.6 Å². The van der Waals surface area contributed by atoms with Crippen molar-refractivity contribution >= 4 is 82.5 Å². The number of hydrogen-bond acceptors (Lipinski definition) is 13. The van der Waals surface area contributed by atoms with Gasteiger partial charge in [-0.15, -0.1) is 0 Å². The van der Waals surface area contributed by atoms with E-state index in [1.54, 1.807) is 20.8 Å². The number of nitrogens with zero attached hydrogens (tertiary/aromatic N) is 9. The van der Waals surface area contributed by atoms with E-state index in [0.717, 1.165) is 73.4 Å². The number of likely N-dealkylation sites (N-methyl/N-ethyl adjacent to an activating group) is 7. The van der Waals surface area contributed by atoms with Crippen LogP contribution in [0.25, 0.3) is 0 Å². The molecule has 2 aliphatic carbocycles. The van der Waals surface area contributed by atoms with Crippen LogP contribution in [0.15, 0.2) is 42.5 Å². The van der Waals surface area contributed by atoms with Crippen LogP contribution in [0.5, 0.6) is 0 Å². The van der Waals surface area contributed by atoms with Crippen molar-refractivity contribution in [3.63, 3.8) is 0 Å². The zero-order chi connectivity index (χ0) is 76.2. The second-order valence-electron chi connectivity index (χ2n) is 28.2. The van der Waals surface area contributed by atoms with Crippen molar-refractivity contribution in [2.75, 3.05) is 102 Å². The van der Waals surface area contributed by atoms with E-state index in [1.165, 1.54) is 68.9 Å². The van der Waals surface area contributed by atoms with Crippen LogP contribution in [0, 0.1) is 11.8 Å². The number of morpholine rings is 1. The van der Waals surface area contributed by atoms with Crippen LogP contribution < -0.4 is 16.0 Å². The Balaban J connectivity index is 1.29. The number of amides is 12. The number of aryl methyl sites for hydroxylation is 1. The molecule has 3 aliphatic heterocycles. The first kappa shape index (κ1) is 82.2. The summed E-state index contributed by atoms with van der Waals surface area (Å²) in [5.74, 6) is -10.3. The van der Waals surface area contributed by atoms with Crippen LogP contribution in [0.1, 0.15) is 139 Å². The van der Waals surface area contributed by atoms with Crippen LogP contribution >= 0.6 is 11.6 Å². The maximum atomic E-state index is 15.7. The summed E-state index contributed by atoms with van der Waals surface area (Å²) in [5, 5.41) is 7.81. The Morgan fingerprint density at radius 1 is 0.621 bits per heavy atom. The summed E-state index contributed by atoms with van der Waals surface area (Å²) in [7, 11) is 9.14. The fourth-order valence-electron chi connectivity index (χ4n) is 14.5. The maximum absolute atomic E-state index is 15.7. The van der Waals surface area contributed by atoms with Crippen molar-refractivity contribution in [2.45, 2.75) is 190 Å². The number of nitrogens with one attached hydrogen (secondary N) is 3. The Labute approximate surface area is 602 Å². The minimum Gasteiger partial charge on any atom is -0.378 e. The van der Waals surface area contributed by atoms with Gasteiger partial charge in [0.15, 0.2) is 0 Å². The smallest absolute Gasteiger partial charge is 0.378 e. The van der Waals surface area contributed by atoms with Crippen molar-refractivity contribution in [1.29, 1.82) is 0 Å². The van der Waals surface area contributed by atoms with Gasteiger partial charge in [0.05, 0.1) is 55.4 Å². The van der Waals surface area contributed by atoms with Crippen LogP contribution in [0.3, 0.4) is 0 Å². The van der Waals surface area contributed by atoms with Crippen molar-refractivity contribution in [3.8, 4) is 0 Å². The van der Waals surface area contributed by atoms with Crippen LogP contribution in [-0.2, 0) is 87.5 Å². The van der Waals surface area contributed by atoms with Gasteiger partial charge in [-0.3, -0.25) is 57.5 Å². The predicted octanol–water partition coefficient (Wildman–Crippen LogP) is 4.92. The van der Waals surface area contributed by atoms with Gasteiger partial charge in [-0.25, -0.2) is 0 Å². The molecule has 570 valence electrons. The minimum absolute atomic E-state index is 0.00558. The quantitative estimate of drug-likeness (QED) is 0.267. The van der Waals surface area contributed by atoms with E-state index >= 15 is 19.2 Å². The molecule has 2 aromatic rings. The molecule has 12 amide bonds. The molecule has 0 bridgehead atoms. The molecule has 0 radical (unpaired) electrons. The number of alkyl halides is 6. The molecule has 103 heavy (non-hydrogen) atoms. The summed E-state index contributed by atoms with van der Waals surface area (Å²) in [5.41, 5.74) is -3.42. The Bertz CT molecular complexity index is 3420. The topological polar surface area (TPSA) is 279 Å². The Morgan fingerprint density at radius 2 is 1.22 bits per heavy atom. The lowest BCUT2D eigenvalue weighted by molar-refractivity contribution is -0.158. The lowest BCUT2D eigenvalue weighted by Crippen LogP contribution is -2.65. The van der Waals surface area contributed by atoms with E-state index in [9.17, 15) is 64.7 Å². The van der Waals surface area contributed by atoms with Gasteiger partial charge in [-0.05, 0) is 105 Å². The highest BCUT2D eigenvalue weighted by Gasteiger charge is 2.51. The summed E-state index contributed by atoms with van der Waals surface area (Å²) < 4.78 is 88.5. The van der Waals surface area contributed by atoms with Gasteiger partial charge in [0.2, 0.25) is 70.9 Å². The zero-order valence-electron chi connectivity index (χ0n) is 60.4. The molecule has 3 saturated heterocycles. The average molecular weight is 1480 g/mol. The molecule has 3 heterocycles. The largest absolute Gasteiger partial charge is 0.417 e. The molecule has 3 N–H and O–H groups in total. The van der Waals surface area contributed by atoms with Gasteiger partial charge in [0, 0.05) is 75.4 Å². The molecule has 25 nitrogen and oxygen atoms in total. The second-order valence-corrected chi connectivity index (χ2v) is 28.6. The molecule has 32 heteroatoms. The number of hydrogen-bond donors (Lipinski definition) is 3. The van der Waals surface area contributed by atoms with Crippen LogP contribution in [0.2, 0.25) is 5.02 Å². The molecule has 7 rings (SSSR count). The molecule has 1 spiro atoms. The molecular weight excluding hydrogens is 1380 g/mol. The Morgan fingerprint density at radius 3 is 1.82 bits per heavy atom. The lowest BCUT2D eigenvalue weighted by Gasteiger charge is -2.43. The van der Waals surface area contributed by atoms with Crippen molar-refractivity contribution in [3.05, 3.63) is 69.7 Å². The highest BCUT2D eigenvalue weighted by molar-refractivity contribution is 6.31. The second kappa shape index (κ2) is 35.6. The fourth-order valence-corrected chi connectivity index (χ4v) is 14.9. The van der Waals surface area contributed by atoms with E-state index < -0.39 is 192 Å². The lowest BCUT2D eigenvalue weighted by atomic mass is 9.81.